The topological polar surface area (TPSA) is 41.5 Å². The van der Waals surface area contributed by atoms with E-state index in [2.05, 4.69) is 31.3 Å². The summed E-state index contributed by atoms with van der Waals surface area (Å²) in [4.78, 5) is 0. The maximum absolute atomic E-state index is 8.97. The molecule has 1 aromatic carbocycles. The highest BCUT2D eigenvalue weighted by Crippen LogP contribution is 2.22. The van der Waals surface area contributed by atoms with Gasteiger partial charge in [-0.25, -0.2) is 0 Å². The van der Waals surface area contributed by atoms with Crippen molar-refractivity contribution in [2.75, 3.05) is 13.2 Å². The Balaban J connectivity index is 2.77. The lowest BCUT2D eigenvalue weighted by Crippen LogP contribution is -2.28. The zero-order valence-electron chi connectivity index (χ0n) is 11.2. The Labute approximate surface area is 104 Å². The highest BCUT2D eigenvalue weighted by Gasteiger charge is 2.06. The van der Waals surface area contributed by atoms with Crippen LogP contribution in [0.2, 0.25) is 0 Å². The van der Waals surface area contributed by atoms with Gasteiger partial charge in [-0.2, -0.15) is 0 Å². The van der Waals surface area contributed by atoms with Crippen LogP contribution in [0, 0.1) is 13.8 Å². The first kappa shape index (κ1) is 14.0. The monoisotopic (exact) mass is 237 g/mol. The first-order chi connectivity index (χ1) is 8.08. The molecule has 0 spiro atoms. The van der Waals surface area contributed by atoms with Crippen molar-refractivity contribution in [3.05, 3.63) is 28.8 Å². The largest absolute Gasteiger partial charge is 0.494 e. The molecule has 1 unspecified atom stereocenters. The fourth-order valence-electron chi connectivity index (χ4n) is 1.70. The molecule has 3 nitrogen and oxygen atoms in total. The van der Waals surface area contributed by atoms with Gasteiger partial charge in [0.15, 0.2) is 0 Å². The van der Waals surface area contributed by atoms with E-state index in [1.165, 1.54) is 11.1 Å². The van der Waals surface area contributed by atoms with E-state index in [1.54, 1.807) is 0 Å². The zero-order valence-corrected chi connectivity index (χ0v) is 11.2. The summed E-state index contributed by atoms with van der Waals surface area (Å²) >= 11 is 0. The summed E-state index contributed by atoms with van der Waals surface area (Å²) in [6.07, 6.45) is 0. The lowest BCUT2D eigenvalue weighted by molar-refractivity contribution is 0.251. The SMILES string of the molecule is CCOc1cc(C)c(CNC(C)CO)cc1C. The van der Waals surface area contributed by atoms with E-state index in [4.69, 9.17) is 9.84 Å². The second kappa shape index (κ2) is 6.62. The number of aryl methyl sites for hydroxylation is 2. The van der Waals surface area contributed by atoms with Crippen LogP contribution in [0.5, 0.6) is 5.75 Å². The van der Waals surface area contributed by atoms with Crippen LogP contribution in [0.15, 0.2) is 12.1 Å². The average molecular weight is 237 g/mol. The normalized spacial score (nSPS) is 12.5. The molecule has 0 saturated carbocycles. The quantitative estimate of drug-likeness (QED) is 0.796. The van der Waals surface area contributed by atoms with E-state index in [9.17, 15) is 0 Å². The molecule has 1 rings (SSSR count). The molecular formula is C14H23NO2. The van der Waals surface area contributed by atoms with Crippen LogP contribution in [0.1, 0.15) is 30.5 Å². The van der Waals surface area contributed by atoms with Crippen molar-refractivity contribution < 1.29 is 9.84 Å². The fraction of sp³-hybridized carbons (Fsp3) is 0.571. The van der Waals surface area contributed by atoms with E-state index in [0.29, 0.717) is 6.61 Å². The van der Waals surface area contributed by atoms with Gasteiger partial charge in [0.1, 0.15) is 5.75 Å². The summed E-state index contributed by atoms with van der Waals surface area (Å²) < 4.78 is 5.56. The molecule has 0 aliphatic rings. The number of nitrogens with one attached hydrogen (secondary N) is 1. The van der Waals surface area contributed by atoms with E-state index in [1.807, 2.05) is 13.8 Å². The molecule has 17 heavy (non-hydrogen) atoms. The maximum Gasteiger partial charge on any atom is 0.122 e. The van der Waals surface area contributed by atoms with Gasteiger partial charge >= 0.3 is 0 Å². The molecule has 1 atom stereocenters. The Kier molecular flexibility index (Phi) is 5.45. The number of benzene rings is 1. The average Bonchev–Trinajstić information content (AvgIpc) is 2.31. The van der Waals surface area contributed by atoms with Crippen LogP contribution in [-0.4, -0.2) is 24.4 Å². The van der Waals surface area contributed by atoms with Crippen molar-refractivity contribution in [2.24, 2.45) is 0 Å². The van der Waals surface area contributed by atoms with Gasteiger partial charge in [0.25, 0.3) is 0 Å². The molecule has 0 bridgehead atoms. The minimum absolute atomic E-state index is 0.126. The molecule has 3 heteroatoms. The molecule has 0 heterocycles. The van der Waals surface area contributed by atoms with Crippen molar-refractivity contribution in [1.29, 1.82) is 0 Å². The van der Waals surface area contributed by atoms with E-state index in [0.717, 1.165) is 17.9 Å². The van der Waals surface area contributed by atoms with Gasteiger partial charge in [-0.15, -0.1) is 0 Å². The predicted molar refractivity (Wildman–Crippen MR) is 70.5 cm³/mol. The highest BCUT2D eigenvalue weighted by atomic mass is 16.5. The standard InChI is InChI=1S/C14H23NO2/c1-5-17-14-7-10(2)13(6-11(14)3)8-15-12(4)9-16/h6-7,12,15-16H,5,8-9H2,1-4H3. The molecule has 2 N–H and O–H groups in total. The summed E-state index contributed by atoms with van der Waals surface area (Å²) in [7, 11) is 0. The third kappa shape index (κ3) is 4.02. The minimum atomic E-state index is 0.126. The Morgan fingerprint density at radius 2 is 2.00 bits per heavy atom. The van der Waals surface area contributed by atoms with Crippen LogP contribution < -0.4 is 10.1 Å². The number of aliphatic hydroxyl groups excluding tert-OH is 1. The van der Waals surface area contributed by atoms with Crippen molar-refractivity contribution in [1.82, 2.24) is 5.32 Å². The van der Waals surface area contributed by atoms with Gasteiger partial charge in [0.05, 0.1) is 13.2 Å². The zero-order chi connectivity index (χ0) is 12.8. The third-order valence-corrected chi connectivity index (χ3v) is 2.85. The minimum Gasteiger partial charge on any atom is -0.494 e. The molecule has 0 fully saturated rings. The Bertz CT molecular complexity index is 363. The van der Waals surface area contributed by atoms with Gasteiger partial charge < -0.3 is 15.2 Å². The van der Waals surface area contributed by atoms with Crippen molar-refractivity contribution >= 4 is 0 Å². The van der Waals surface area contributed by atoms with Crippen molar-refractivity contribution in [3.63, 3.8) is 0 Å². The third-order valence-electron chi connectivity index (χ3n) is 2.85. The first-order valence-electron chi connectivity index (χ1n) is 6.15. The first-order valence-corrected chi connectivity index (χ1v) is 6.15. The van der Waals surface area contributed by atoms with Crippen LogP contribution in [-0.2, 0) is 6.54 Å². The summed E-state index contributed by atoms with van der Waals surface area (Å²) in [5.41, 5.74) is 3.63. The van der Waals surface area contributed by atoms with Crippen LogP contribution in [0.25, 0.3) is 0 Å². The summed E-state index contributed by atoms with van der Waals surface area (Å²) in [6, 6.07) is 4.36. The number of aliphatic hydroxyl groups is 1. The molecule has 96 valence electrons. The molecule has 0 aliphatic carbocycles. The summed E-state index contributed by atoms with van der Waals surface area (Å²) in [5, 5.41) is 12.2. The number of ether oxygens (including phenoxy) is 1. The van der Waals surface area contributed by atoms with Gasteiger partial charge in [0.2, 0.25) is 0 Å². The molecule has 0 amide bonds. The van der Waals surface area contributed by atoms with Gasteiger partial charge in [-0.3, -0.25) is 0 Å². The van der Waals surface area contributed by atoms with Crippen molar-refractivity contribution in [3.8, 4) is 5.75 Å². The molecule has 0 saturated heterocycles. The van der Waals surface area contributed by atoms with E-state index >= 15 is 0 Å². The fourth-order valence-corrected chi connectivity index (χ4v) is 1.70. The lowest BCUT2D eigenvalue weighted by Gasteiger charge is -2.15. The Hall–Kier alpha value is -1.06. The maximum atomic E-state index is 8.97. The van der Waals surface area contributed by atoms with Crippen LogP contribution in [0.4, 0.5) is 0 Å². The number of hydrogen-bond acceptors (Lipinski definition) is 3. The predicted octanol–water partition coefficient (Wildman–Crippen LogP) is 2.17. The molecule has 0 aromatic heterocycles. The molecule has 0 aliphatic heterocycles. The molecular weight excluding hydrogens is 214 g/mol. The second-order valence-electron chi connectivity index (χ2n) is 4.44. The molecule has 0 radical (unpaired) electrons. The van der Waals surface area contributed by atoms with Gasteiger partial charge in [-0.05, 0) is 50.5 Å². The second-order valence-corrected chi connectivity index (χ2v) is 4.44. The smallest absolute Gasteiger partial charge is 0.122 e. The Morgan fingerprint density at radius 1 is 1.29 bits per heavy atom. The van der Waals surface area contributed by atoms with E-state index in [-0.39, 0.29) is 12.6 Å². The summed E-state index contributed by atoms with van der Waals surface area (Å²) in [5.74, 6) is 0.962. The van der Waals surface area contributed by atoms with Crippen LogP contribution >= 0.6 is 0 Å². The number of rotatable bonds is 6. The number of hydrogen-bond donors (Lipinski definition) is 2. The summed E-state index contributed by atoms with van der Waals surface area (Å²) in [6.45, 7) is 9.74. The van der Waals surface area contributed by atoms with Gasteiger partial charge in [-0.1, -0.05) is 6.07 Å². The van der Waals surface area contributed by atoms with E-state index < -0.39 is 0 Å². The highest BCUT2D eigenvalue weighted by molar-refractivity contribution is 5.41. The van der Waals surface area contributed by atoms with Crippen LogP contribution in [0.3, 0.4) is 0 Å². The van der Waals surface area contributed by atoms with Gasteiger partial charge in [0, 0.05) is 12.6 Å². The molecule has 1 aromatic rings. The lowest BCUT2D eigenvalue weighted by atomic mass is 10.0. The van der Waals surface area contributed by atoms with Crippen molar-refractivity contribution in [2.45, 2.75) is 40.3 Å². The Morgan fingerprint density at radius 3 is 2.59 bits per heavy atom.